The van der Waals surface area contributed by atoms with Gasteiger partial charge in [-0.3, -0.25) is 4.90 Å². The highest BCUT2D eigenvalue weighted by Crippen LogP contribution is 2.31. The summed E-state index contributed by atoms with van der Waals surface area (Å²) >= 11 is 0. The van der Waals surface area contributed by atoms with E-state index in [0.717, 1.165) is 30.3 Å². The smallest absolute Gasteiger partial charge is 0.0994 e. The van der Waals surface area contributed by atoms with E-state index in [2.05, 4.69) is 35.0 Å². The van der Waals surface area contributed by atoms with Gasteiger partial charge in [0.1, 0.15) is 0 Å². The Morgan fingerprint density at radius 2 is 2.00 bits per heavy atom. The van der Waals surface area contributed by atoms with Gasteiger partial charge < -0.3 is 4.90 Å². The van der Waals surface area contributed by atoms with Gasteiger partial charge in [0.2, 0.25) is 0 Å². The molecule has 2 saturated heterocycles. The monoisotopic (exact) mass is 255 g/mol. The number of hydrogen-bond donors (Lipinski definition) is 0. The first-order chi connectivity index (χ1) is 9.19. The largest absolute Gasteiger partial charge is 0.370 e. The van der Waals surface area contributed by atoms with Gasteiger partial charge >= 0.3 is 0 Å². The van der Waals surface area contributed by atoms with Crippen molar-refractivity contribution in [2.75, 3.05) is 25.0 Å². The average molecular weight is 255 g/mol. The van der Waals surface area contributed by atoms with Crippen molar-refractivity contribution in [1.82, 2.24) is 4.90 Å². The van der Waals surface area contributed by atoms with Crippen LogP contribution >= 0.6 is 0 Å². The van der Waals surface area contributed by atoms with E-state index in [1.54, 1.807) is 0 Å². The zero-order valence-corrected chi connectivity index (χ0v) is 11.8. The molecule has 2 atom stereocenters. The molecular weight excluding hydrogens is 234 g/mol. The Morgan fingerprint density at radius 1 is 1.21 bits per heavy atom. The predicted octanol–water partition coefficient (Wildman–Crippen LogP) is 2.54. The van der Waals surface area contributed by atoms with E-state index in [-0.39, 0.29) is 0 Å². The van der Waals surface area contributed by atoms with Crippen molar-refractivity contribution >= 4 is 5.69 Å². The number of likely N-dealkylation sites (N-methyl/N-ethyl adjacent to an activating group) is 1. The van der Waals surface area contributed by atoms with Gasteiger partial charge in [-0.05, 0) is 57.0 Å². The van der Waals surface area contributed by atoms with E-state index in [1.807, 2.05) is 13.0 Å². The minimum Gasteiger partial charge on any atom is -0.370 e. The first-order valence-corrected chi connectivity index (χ1v) is 7.16. The number of hydrogen-bond acceptors (Lipinski definition) is 3. The zero-order valence-electron chi connectivity index (χ0n) is 11.8. The number of benzene rings is 1. The molecule has 2 aliphatic heterocycles. The van der Waals surface area contributed by atoms with Crippen LogP contribution in [-0.2, 0) is 0 Å². The number of anilines is 1. The van der Waals surface area contributed by atoms with Crippen LogP contribution in [-0.4, -0.2) is 37.1 Å². The lowest BCUT2D eigenvalue weighted by Gasteiger charge is -2.28. The molecule has 0 spiro atoms. The molecule has 1 aromatic rings. The van der Waals surface area contributed by atoms with E-state index in [9.17, 15) is 0 Å². The minimum atomic E-state index is 0.698. The Hall–Kier alpha value is -1.53. The molecule has 0 aliphatic carbocycles. The van der Waals surface area contributed by atoms with Gasteiger partial charge in [-0.15, -0.1) is 0 Å². The Morgan fingerprint density at radius 3 is 2.74 bits per heavy atom. The maximum absolute atomic E-state index is 9.02. The first-order valence-electron chi connectivity index (χ1n) is 7.16. The van der Waals surface area contributed by atoms with E-state index in [1.165, 1.54) is 24.9 Å². The van der Waals surface area contributed by atoms with Crippen LogP contribution in [0, 0.1) is 18.3 Å². The second kappa shape index (κ2) is 4.86. The quantitative estimate of drug-likeness (QED) is 0.772. The molecular formula is C16H21N3. The maximum atomic E-state index is 9.02. The third-order valence-electron chi connectivity index (χ3n) is 4.84. The second-order valence-electron chi connectivity index (χ2n) is 5.90. The third-order valence-corrected chi connectivity index (χ3v) is 4.84. The highest BCUT2D eigenvalue weighted by molar-refractivity contribution is 5.53. The van der Waals surface area contributed by atoms with Crippen molar-refractivity contribution < 1.29 is 0 Å². The summed E-state index contributed by atoms with van der Waals surface area (Å²) in [5.74, 6) is 0. The summed E-state index contributed by atoms with van der Waals surface area (Å²) in [6.07, 6.45) is 3.94. The summed E-state index contributed by atoms with van der Waals surface area (Å²) in [7, 11) is 2.27. The van der Waals surface area contributed by atoms with Crippen molar-refractivity contribution in [3.63, 3.8) is 0 Å². The van der Waals surface area contributed by atoms with Crippen molar-refractivity contribution in [3.8, 4) is 6.07 Å². The van der Waals surface area contributed by atoms with Crippen molar-refractivity contribution in [1.29, 1.82) is 5.26 Å². The molecule has 2 bridgehead atoms. The van der Waals surface area contributed by atoms with Crippen LogP contribution in [0.2, 0.25) is 0 Å². The molecule has 0 N–H and O–H groups in total. The van der Waals surface area contributed by atoms with Crippen LogP contribution < -0.4 is 4.90 Å². The fraction of sp³-hybridized carbons (Fsp3) is 0.562. The number of fused-ring (bicyclic) bond motifs is 2. The number of nitriles is 1. The highest BCUT2D eigenvalue weighted by atomic mass is 15.3. The molecule has 0 amide bonds. The first kappa shape index (κ1) is 12.5. The molecule has 3 rings (SSSR count). The van der Waals surface area contributed by atoms with Crippen LogP contribution in [0.3, 0.4) is 0 Å². The van der Waals surface area contributed by atoms with Gasteiger partial charge in [-0.25, -0.2) is 0 Å². The van der Waals surface area contributed by atoms with E-state index >= 15 is 0 Å². The number of nitrogens with zero attached hydrogens (tertiary/aromatic N) is 3. The number of rotatable bonds is 1. The van der Waals surface area contributed by atoms with Gasteiger partial charge in [0.05, 0.1) is 11.6 Å². The van der Waals surface area contributed by atoms with E-state index in [0.29, 0.717) is 6.04 Å². The molecule has 0 saturated carbocycles. The van der Waals surface area contributed by atoms with Crippen LogP contribution in [0.5, 0.6) is 0 Å². The molecule has 2 heterocycles. The molecule has 0 radical (unpaired) electrons. The molecule has 2 fully saturated rings. The van der Waals surface area contributed by atoms with Crippen molar-refractivity contribution in [3.05, 3.63) is 29.3 Å². The molecule has 2 unspecified atom stereocenters. The summed E-state index contributed by atoms with van der Waals surface area (Å²) in [5.41, 5.74) is 3.15. The normalized spacial score (nSPS) is 27.1. The fourth-order valence-electron chi connectivity index (χ4n) is 3.51. The van der Waals surface area contributed by atoms with Gasteiger partial charge in [-0.1, -0.05) is 0 Å². The van der Waals surface area contributed by atoms with Crippen LogP contribution in [0.25, 0.3) is 0 Å². The molecule has 3 heteroatoms. The summed E-state index contributed by atoms with van der Waals surface area (Å²) in [6, 6.07) is 9.94. The van der Waals surface area contributed by atoms with Crippen LogP contribution in [0.15, 0.2) is 18.2 Å². The number of aryl methyl sites for hydroxylation is 1. The second-order valence-corrected chi connectivity index (χ2v) is 5.90. The Balaban J connectivity index is 1.83. The zero-order chi connectivity index (χ0) is 13.4. The predicted molar refractivity (Wildman–Crippen MR) is 77.3 cm³/mol. The fourth-order valence-corrected chi connectivity index (χ4v) is 3.51. The van der Waals surface area contributed by atoms with Gasteiger partial charge in [0.15, 0.2) is 0 Å². The molecule has 19 heavy (non-hydrogen) atoms. The molecule has 100 valence electrons. The Bertz CT molecular complexity index is 517. The summed E-state index contributed by atoms with van der Waals surface area (Å²) in [6.45, 7) is 4.29. The lowest BCUT2D eigenvalue weighted by Crippen LogP contribution is -2.36. The standard InChI is InChI=1S/C16H21N3/c1-12-9-15(4-3-13(12)10-17)19-8-7-14-5-6-16(11-19)18(14)2/h3-4,9,14,16H,5-8,11H2,1-2H3. The SMILES string of the molecule is Cc1cc(N2CCC3CCC(C2)N3C)ccc1C#N. The minimum absolute atomic E-state index is 0.698. The van der Waals surface area contributed by atoms with Gasteiger partial charge in [0, 0.05) is 30.9 Å². The van der Waals surface area contributed by atoms with E-state index in [4.69, 9.17) is 5.26 Å². The third kappa shape index (κ3) is 2.21. The maximum Gasteiger partial charge on any atom is 0.0994 e. The Kier molecular flexibility index (Phi) is 3.20. The topological polar surface area (TPSA) is 30.3 Å². The lowest BCUT2D eigenvalue weighted by atomic mass is 10.1. The van der Waals surface area contributed by atoms with Crippen molar-refractivity contribution in [2.24, 2.45) is 0 Å². The summed E-state index contributed by atoms with van der Waals surface area (Å²) < 4.78 is 0. The lowest BCUT2D eigenvalue weighted by molar-refractivity contribution is 0.254. The molecule has 0 aromatic heterocycles. The van der Waals surface area contributed by atoms with Gasteiger partial charge in [-0.2, -0.15) is 5.26 Å². The molecule has 2 aliphatic rings. The Labute approximate surface area is 115 Å². The van der Waals surface area contributed by atoms with E-state index < -0.39 is 0 Å². The molecule has 1 aromatic carbocycles. The molecule has 3 nitrogen and oxygen atoms in total. The van der Waals surface area contributed by atoms with Crippen LogP contribution in [0.1, 0.15) is 30.4 Å². The summed E-state index contributed by atoms with van der Waals surface area (Å²) in [5, 5.41) is 9.02. The highest BCUT2D eigenvalue weighted by Gasteiger charge is 2.34. The van der Waals surface area contributed by atoms with Gasteiger partial charge in [0.25, 0.3) is 0 Å². The summed E-state index contributed by atoms with van der Waals surface area (Å²) in [4.78, 5) is 5.06. The average Bonchev–Trinajstić information content (AvgIpc) is 2.63. The van der Waals surface area contributed by atoms with Crippen LogP contribution in [0.4, 0.5) is 5.69 Å². The van der Waals surface area contributed by atoms with Crippen molar-refractivity contribution in [2.45, 2.75) is 38.3 Å².